The molecule has 2 fully saturated rings. The van der Waals surface area contributed by atoms with Gasteiger partial charge in [-0.1, -0.05) is 6.07 Å². The Balaban J connectivity index is 1.68. The SMILES string of the molecule is CNC(CCN1CC2CCC1C2)c1c(F)cccc1OC. The predicted molar refractivity (Wildman–Crippen MR) is 82.1 cm³/mol. The van der Waals surface area contributed by atoms with Gasteiger partial charge in [-0.2, -0.15) is 0 Å². The highest BCUT2D eigenvalue weighted by molar-refractivity contribution is 5.37. The van der Waals surface area contributed by atoms with E-state index in [1.807, 2.05) is 13.1 Å². The fraction of sp³-hybridized carbons (Fsp3) is 0.647. The first kappa shape index (κ1) is 14.8. The van der Waals surface area contributed by atoms with Crippen molar-refractivity contribution in [2.75, 3.05) is 27.2 Å². The molecule has 2 aliphatic rings. The maximum absolute atomic E-state index is 14.2. The average Bonchev–Trinajstić information content (AvgIpc) is 3.11. The van der Waals surface area contributed by atoms with E-state index in [4.69, 9.17) is 4.74 Å². The highest BCUT2D eigenvalue weighted by atomic mass is 19.1. The van der Waals surface area contributed by atoms with E-state index in [9.17, 15) is 4.39 Å². The lowest BCUT2D eigenvalue weighted by atomic mass is 10.0. The molecular formula is C17H25FN2O. The second kappa shape index (κ2) is 6.32. The van der Waals surface area contributed by atoms with Crippen molar-refractivity contribution in [3.05, 3.63) is 29.6 Å². The van der Waals surface area contributed by atoms with Crippen LogP contribution in [0.25, 0.3) is 0 Å². The van der Waals surface area contributed by atoms with Crippen molar-refractivity contribution in [1.29, 1.82) is 0 Å². The number of hydrogen-bond donors (Lipinski definition) is 1. The van der Waals surface area contributed by atoms with E-state index in [0.29, 0.717) is 11.3 Å². The highest BCUT2D eigenvalue weighted by Gasteiger charge is 2.37. The van der Waals surface area contributed by atoms with Gasteiger partial charge in [0.2, 0.25) is 0 Å². The highest BCUT2D eigenvalue weighted by Crippen LogP contribution is 2.38. The van der Waals surface area contributed by atoms with Crippen LogP contribution in [0.15, 0.2) is 18.2 Å². The van der Waals surface area contributed by atoms with Gasteiger partial charge in [0.05, 0.1) is 7.11 Å². The van der Waals surface area contributed by atoms with Crippen LogP contribution in [-0.4, -0.2) is 38.2 Å². The minimum absolute atomic E-state index is 0.000256. The quantitative estimate of drug-likeness (QED) is 0.872. The number of halogens is 1. The average molecular weight is 292 g/mol. The molecule has 3 rings (SSSR count). The first-order valence-corrected chi connectivity index (χ1v) is 7.96. The van der Waals surface area contributed by atoms with Gasteiger partial charge in [0.15, 0.2) is 0 Å². The summed E-state index contributed by atoms with van der Waals surface area (Å²) in [5.41, 5.74) is 0.659. The Morgan fingerprint density at radius 2 is 2.29 bits per heavy atom. The Morgan fingerprint density at radius 1 is 1.43 bits per heavy atom. The molecule has 3 unspecified atom stereocenters. The minimum Gasteiger partial charge on any atom is -0.496 e. The van der Waals surface area contributed by atoms with Crippen LogP contribution < -0.4 is 10.1 Å². The molecule has 1 aliphatic carbocycles. The number of methoxy groups -OCH3 is 1. The van der Waals surface area contributed by atoms with E-state index in [-0.39, 0.29) is 11.9 Å². The van der Waals surface area contributed by atoms with Gasteiger partial charge in [-0.05, 0) is 50.8 Å². The van der Waals surface area contributed by atoms with E-state index in [0.717, 1.165) is 24.9 Å². The van der Waals surface area contributed by atoms with Crippen molar-refractivity contribution < 1.29 is 9.13 Å². The molecule has 1 aromatic rings. The molecular weight excluding hydrogens is 267 g/mol. The van der Waals surface area contributed by atoms with Crippen LogP contribution >= 0.6 is 0 Å². The summed E-state index contributed by atoms with van der Waals surface area (Å²) >= 11 is 0. The molecule has 1 saturated carbocycles. The van der Waals surface area contributed by atoms with Gasteiger partial charge < -0.3 is 15.0 Å². The zero-order chi connectivity index (χ0) is 14.8. The van der Waals surface area contributed by atoms with Crippen LogP contribution in [0.5, 0.6) is 5.75 Å². The molecule has 0 radical (unpaired) electrons. The standard InChI is InChI=1S/C17H25FN2O/c1-19-15(17-14(18)4-3-5-16(17)21-2)8-9-20-11-12-6-7-13(20)10-12/h3-5,12-13,15,19H,6-11H2,1-2H3. The van der Waals surface area contributed by atoms with Crippen LogP contribution in [0.4, 0.5) is 4.39 Å². The zero-order valence-corrected chi connectivity index (χ0v) is 12.9. The minimum atomic E-state index is -0.184. The first-order valence-electron chi connectivity index (χ1n) is 7.96. The van der Waals surface area contributed by atoms with E-state index in [1.54, 1.807) is 13.2 Å². The summed E-state index contributed by atoms with van der Waals surface area (Å²) in [6.45, 7) is 2.26. The summed E-state index contributed by atoms with van der Waals surface area (Å²) < 4.78 is 19.5. The Morgan fingerprint density at radius 3 is 2.90 bits per heavy atom. The summed E-state index contributed by atoms with van der Waals surface area (Å²) in [6, 6.07) is 5.82. The zero-order valence-electron chi connectivity index (χ0n) is 12.9. The van der Waals surface area contributed by atoms with Crippen LogP contribution in [0, 0.1) is 11.7 Å². The summed E-state index contributed by atoms with van der Waals surface area (Å²) in [6.07, 6.45) is 5.03. The summed E-state index contributed by atoms with van der Waals surface area (Å²) in [4.78, 5) is 2.59. The molecule has 1 N–H and O–H groups in total. The van der Waals surface area contributed by atoms with Crippen LogP contribution in [0.3, 0.4) is 0 Å². The van der Waals surface area contributed by atoms with Gasteiger partial charge in [0.1, 0.15) is 11.6 Å². The Bertz CT molecular complexity index is 494. The molecule has 0 aromatic heterocycles. The maximum atomic E-state index is 14.2. The topological polar surface area (TPSA) is 24.5 Å². The smallest absolute Gasteiger partial charge is 0.131 e. The number of rotatable bonds is 6. The normalized spacial score (nSPS) is 26.2. The fourth-order valence-corrected chi connectivity index (χ4v) is 4.06. The number of nitrogens with one attached hydrogen (secondary N) is 1. The first-order chi connectivity index (χ1) is 10.2. The van der Waals surface area contributed by atoms with Crippen molar-refractivity contribution in [2.45, 2.75) is 37.8 Å². The van der Waals surface area contributed by atoms with E-state index < -0.39 is 0 Å². The molecule has 3 nitrogen and oxygen atoms in total. The summed E-state index contributed by atoms with van der Waals surface area (Å²) in [7, 11) is 3.50. The molecule has 3 atom stereocenters. The van der Waals surface area contributed by atoms with Gasteiger partial charge in [-0.25, -0.2) is 4.39 Å². The van der Waals surface area contributed by atoms with Gasteiger partial charge in [-0.15, -0.1) is 0 Å². The molecule has 1 saturated heterocycles. The lowest BCUT2D eigenvalue weighted by Gasteiger charge is -2.29. The molecule has 0 spiro atoms. The van der Waals surface area contributed by atoms with Crippen LogP contribution in [0.2, 0.25) is 0 Å². The number of likely N-dealkylation sites (tertiary alicyclic amines) is 1. The monoisotopic (exact) mass is 292 g/mol. The van der Waals surface area contributed by atoms with E-state index in [1.165, 1.54) is 31.9 Å². The number of benzene rings is 1. The van der Waals surface area contributed by atoms with Crippen LogP contribution in [0.1, 0.15) is 37.3 Å². The van der Waals surface area contributed by atoms with Crippen molar-refractivity contribution in [2.24, 2.45) is 5.92 Å². The number of nitrogens with zero attached hydrogens (tertiary/aromatic N) is 1. The predicted octanol–water partition coefficient (Wildman–Crippen LogP) is 2.97. The third-order valence-corrected chi connectivity index (χ3v) is 5.16. The number of fused-ring (bicyclic) bond motifs is 2. The molecule has 1 aromatic carbocycles. The summed E-state index contributed by atoms with van der Waals surface area (Å²) in [5, 5.41) is 3.26. The largest absolute Gasteiger partial charge is 0.496 e. The van der Waals surface area contributed by atoms with Gasteiger partial charge in [0.25, 0.3) is 0 Å². The van der Waals surface area contributed by atoms with E-state index >= 15 is 0 Å². The molecule has 1 heterocycles. The lowest BCUT2D eigenvalue weighted by molar-refractivity contribution is 0.202. The van der Waals surface area contributed by atoms with Crippen molar-refractivity contribution >= 4 is 0 Å². The molecule has 2 bridgehead atoms. The van der Waals surface area contributed by atoms with E-state index in [2.05, 4.69) is 10.2 Å². The van der Waals surface area contributed by atoms with Crippen molar-refractivity contribution in [1.82, 2.24) is 10.2 Å². The van der Waals surface area contributed by atoms with Gasteiger partial charge in [0, 0.05) is 30.7 Å². The van der Waals surface area contributed by atoms with Gasteiger partial charge >= 0.3 is 0 Å². The number of ether oxygens (including phenoxy) is 1. The molecule has 4 heteroatoms. The van der Waals surface area contributed by atoms with Crippen molar-refractivity contribution in [3.63, 3.8) is 0 Å². The fourth-order valence-electron chi connectivity index (χ4n) is 4.06. The molecule has 116 valence electrons. The number of piperidine rings is 1. The second-order valence-electron chi connectivity index (χ2n) is 6.31. The molecule has 1 aliphatic heterocycles. The lowest BCUT2D eigenvalue weighted by Crippen LogP contribution is -2.34. The maximum Gasteiger partial charge on any atom is 0.131 e. The van der Waals surface area contributed by atoms with Gasteiger partial charge in [-0.3, -0.25) is 0 Å². The van der Waals surface area contributed by atoms with Crippen LogP contribution in [-0.2, 0) is 0 Å². The molecule has 0 amide bonds. The number of hydrogen-bond acceptors (Lipinski definition) is 3. The molecule has 21 heavy (non-hydrogen) atoms. The second-order valence-corrected chi connectivity index (χ2v) is 6.31. The van der Waals surface area contributed by atoms with Crippen molar-refractivity contribution in [3.8, 4) is 5.75 Å². The Kier molecular flexibility index (Phi) is 4.45. The Labute approximate surface area is 126 Å². The third-order valence-electron chi connectivity index (χ3n) is 5.16. The third kappa shape index (κ3) is 2.92. The summed E-state index contributed by atoms with van der Waals surface area (Å²) in [5.74, 6) is 1.36. The Hall–Kier alpha value is -1.13.